The van der Waals surface area contributed by atoms with Crippen LogP contribution in [0.3, 0.4) is 0 Å². The van der Waals surface area contributed by atoms with Gasteiger partial charge in [-0.25, -0.2) is 5.10 Å². The van der Waals surface area contributed by atoms with Crippen molar-refractivity contribution in [2.75, 3.05) is 13.7 Å². The Kier molecular flexibility index (Phi) is 5.62. The number of H-pyrrole nitrogens is 1. The van der Waals surface area contributed by atoms with Crippen molar-refractivity contribution < 1.29 is 9.47 Å². The van der Waals surface area contributed by atoms with Gasteiger partial charge in [0.1, 0.15) is 0 Å². The van der Waals surface area contributed by atoms with Crippen LogP contribution in [0.25, 0.3) is 10.7 Å². The second kappa shape index (κ2) is 8.09. The second-order valence-corrected chi connectivity index (χ2v) is 6.48. The Morgan fingerprint density at radius 1 is 1.36 bits per heavy atom. The Morgan fingerprint density at radius 2 is 2.24 bits per heavy atom. The molecule has 8 heteroatoms. The van der Waals surface area contributed by atoms with Gasteiger partial charge >= 0.3 is 0 Å². The van der Waals surface area contributed by atoms with E-state index in [4.69, 9.17) is 21.7 Å². The molecule has 0 amide bonds. The number of hydrogen-bond donors (Lipinski definition) is 1. The molecule has 2 aromatic heterocycles. The molecule has 0 aliphatic rings. The first kappa shape index (κ1) is 17.4. The average molecular weight is 374 g/mol. The molecule has 3 aromatic rings. The van der Waals surface area contributed by atoms with Crippen molar-refractivity contribution in [2.24, 2.45) is 5.10 Å². The van der Waals surface area contributed by atoms with Crippen molar-refractivity contribution in [1.29, 1.82) is 0 Å². The lowest BCUT2D eigenvalue weighted by atomic mass is 10.2. The molecule has 0 atom stereocenters. The van der Waals surface area contributed by atoms with E-state index in [2.05, 4.69) is 22.2 Å². The lowest BCUT2D eigenvalue weighted by Crippen LogP contribution is -1.99. The lowest BCUT2D eigenvalue weighted by Gasteiger charge is -2.10. The fraction of sp³-hybridized carbons (Fsp3) is 0.235. The standard InChI is InChI=1S/C17H18N4O2S2/c1-3-8-23-13-7-6-12(10-14(13)22-2)11-18-21-16(19-20-17(21)24)15-5-4-9-25-15/h4-7,9-11H,3,8H2,1-2H3,(H,20,24)/b18-11-. The predicted molar refractivity (Wildman–Crippen MR) is 102 cm³/mol. The zero-order valence-corrected chi connectivity index (χ0v) is 15.6. The summed E-state index contributed by atoms with van der Waals surface area (Å²) < 4.78 is 13.1. The summed E-state index contributed by atoms with van der Waals surface area (Å²) in [7, 11) is 1.62. The normalized spacial score (nSPS) is 11.1. The van der Waals surface area contributed by atoms with Crippen molar-refractivity contribution in [3.63, 3.8) is 0 Å². The molecule has 0 aliphatic heterocycles. The summed E-state index contributed by atoms with van der Waals surface area (Å²) in [6.45, 7) is 2.71. The van der Waals surface area contributed by atoms with Gasteiger partial charge in [0.2, 0.25) is 4.77 Å². The van der Waals surface area contributed by atoms with Gasteiger partial charge in [0.25, 0.3) is 0 Å². The minimum absolute atomic E-state index is 0.439. The molecular formula is C17H18N4O2S2. The van der Waals surface area contributed by atoms with Gasteiger partial charge in [-0.15, -0.1) is 11.3 Å². The van der Waals surface area contributed by atoms with Crippen LogP contribution in [-0.4, -0.2) is 34.8 Å². The molecule has 2 heterocycles. The summed E-state index contributed by atoms with van der Waals surface area (Å²) in [5, 5.41) is 13.5. The fourth-order valence-electron chi connectivity index (χ4n) is 2.18. The highest BCUT2D eigenvalue weighted by molar-refractivity contribution is 7.71. The van der Waals surface area contributed by atoms with Crippen LogP contribution in [0.5, 0.6) is 11.5 Å². The summed E-state index contributed by atoms with van der Waals surface area (Å²) in [5.74, 6) is 2.08. The lowest BCUT2D eigenvalue weighted by molar-refractivity contribution is 0.294. The Bertz CT molecular complexity index is 913. The molecule has 1 aromatic carbocycles. The number of ether oxygens (including phenoxy) is 2. The molecule has 0 spiro atoms. The van der Waals surface area contributed by atoms with Crippen LogP contribution in [0, 0.1) is 4.77 Å². The third-order valence-electron chi connectivity index (χ3n) is 3.36. The largest absolute Gasteiger partial charge is 0.493 e. The van der Waals surface area contributed by atoms with Crippen molar-refractivity contribution in [3.8, 4) is 22.2 Å². The van der Waals surface area contributed by atoms with Gasteiger partial charge in [-0.1, -0.05) is 13.0 Å². The first-order valence-corrected chi connectivity index (χ1v) is 9.08. The van der Waals surface area contributed by atoms with Crippen LogP contribution < -0.4 is 9.47 Å². The molecule has 130 valence electrons. The van der Waals surface area contributed by atoms with Crippen molar-refractivity contribution in [3.05, 3.63) is 46.0 Å². The Morgan fingerprint density at radius 3 is 2.96 bits per heavy atom. The van der Waals surface area contributed by atoms with Crippen LogP contribution in [0.2, 0.25) is 0 Å². The second-order valence-electron chi connectivity index (χ2n) is 5.14. The highest BCUT2D eigenvalue weighted by Crippen LogP contribution is 2.28. The maximum atomic E-state index is 5.66. The monoisotopic (exact) mass is 374 g/mol. The van der Waals surface area contributed by atoms with Gasteiger partial charge in [0.05, 0.1) is 24.8 Å². The minimum Gasteiger partial charge on any atom is -0.493 e. The van der Waals surface area contributed by atoms with Crippen LogP contribution in [0.4, 0.5) is 0 Å². The van der Waals surface area contributed by atoms with E-state index >= 15 is 0 Å². The smallest absolute Gasteiger partial charge is 0.216 e. The van der Waals surface area contributed by atoms with Gasteiger partial charge in [-0.2, -0.15) is 14.9 Å². The van der Waals surface area contributed by atoms with Gasteiger partial charge < -0.3 is 9.47 Å². The summed E-state index contributed by atoms with van der Waals surface area (Å²) in [6.07, 6.45) is 2.66. The Balaban J connectivity index is 1.88. The quantitative estimate of drug-likeness (QED) is 0.493. The van der Waals surface area contributed by atoms with E-state index < -0.39 is 0 Å². The molecule has 0 bridgehead atoms. The van der Waals surface area contributed by atoms with Crippen molar-refractivity contribution >= 4 is 29.8 Å². The van der Waals surface area contributed by atoms with E-state index in [1.54, 1.807) is 29.3 Å². The van der Waals surface area contributed by atoms with E-state index in [9.17, 15) is 0 Å². The van der Waals surface area contributed by atoms with Crippen molar-refractivity contribution in [2.45, 2.75) is 13.3 Å². The SMILES string of the molecule is CCCOc1ccc(/C=N\n2c(-c3cccs3)n[nH]c2=S)cc1OC. The molecule has 0 aliphatic carbocycles. The van der Waals surface area contributed by atoms with Crippen LogP contribution in [0.15, 0.2) is 40.8 Å². The average Bonchev–Trinajstić information content (AvgIpc) is 3.28. The number of benzene rings is 1. The topological polar surface area (TPSA) is 64.4 Å². The molecule has 6 nitrogen and oxygen atoms in total. The zero-order valence-electron chi connectivity index (χ0n) is 13.9. The van der Waals surface area contributed by atoms with E-state index in [1.807, 2.05) is 35.7 Å². The highest BCUT2D eigenvalue weighted by atomic mass is 32.1. The van der Waals surface area contributed by atoms with E-state index in [0.29, 0.717) is 23.0 Å². The minimum atomic E-state index is 0.439. The number of rotatable bonds is 7. The molecular weight excluding hydrogens is 356 g/mol. The summed E-state index contributed by atoms with van der Waals surface area (Å²) in [4.78, 5) is 0.991. The zero-order chi connectivity index (χ0) is 17.6. The van der Waals surface area contributed by atoms with E-state index in [-0.39, 0.29) is 0 Å². The summed E-state index contributed by atoms with van der Waals surface area (Å²) in [6, 6.07) is 9.62. The van der Waals surface area contributed by atoms with Crippen LogP contribution in [-0.2, 0) is 0 Å². The van der Waals surface area contributed by atoms with Crippen LogP contribution >= 0.6 is 23.6 Å². The number of nitrogens with one attached hydrogen (secondary N) is 1. The molecule has 0 saturated carbocycles. The molecule has 0 saturated heterocycles. The Labute approximate surface area is 154 Å². The fourth-order valence-corrected chi connectivity index (χ4v) is 3.06. The van der Waals surface area contributed by atoms with Gasteiger partial charge in [-0.3, -0.25) is 0 Å². The van der Waals surface area contributed by atoms with E-state index in [1.165, 1.54) is 0 Å². The van der Waals surface area contributed by atoms with Gasteiger partial charge in [0.15, 0.2) is 17.3 Å². The molecule has 0 radical (unpaired) electrons. The van der Waals surface area contributed by atoms with Crippen molar-refractivity contribution in [1.82, 2.24) is 14.9 Å². The van der Waals surface area contributed by atoms with Gasteiger partial charge in [-0.05, 0) is 53.8 Å². The first-order valence-electron chi connectivity index (χ1n) is 7.79. The molecule has 3 rings (SSSR count). The maximum absolute atomic E-state index is 5.66. The number of methoxy groups -OCH3 is 1. The Hall–Kier alpha value is -2.45. The van der Waals surface area contributed by atoms with Crippen LogP contribution in [0.1, 0.15) is 18.9 Å². The molecule has 25 heavy (non-hydrogen) atoms. The van der Waals surface area contributed by atoms with Gasteiger partial charge in [0, 0.05) is 0 Å². The summed E-state index contributed by atoms with van der Waals surface area (Å²) in [5.41, 5.74) is 0.876. The molecule has 1 N–H and O–H groups in total. The molecule has 0 fully saturated rings. The number of aromatic nitrogens is 3. The highest BCUT2D eigenvalue weighted by Gasteiger charge is 2.09. The predicted octanol–water partition coefficient (Wildman–Crippen LogP) is 4.35. The number of nitrogens with zero attached hydrogens (tertiary/aromatic N) is 3. The summed E-state index contributed by atoms with van der Waals surface area (Å²) >= 11 is 6.85. The number of thiophene rings is 1. The third kappa shape index (κ3) is 3.97. The first-order chi connectivity index (χ1) is 12.2. The molecule has 0 unspecified atom stereocenters. The number of hydrogen-bond acceptors (Lipinski definition) is 6. The van der Waals surface area contributed by atoms with E-state index in [0.717, 1.165) is 22.6 Å². The number of aromatic amines is 1. The maximum Gasteiger partial charge on any atom is 0.216 e. The third-order valence-corrected chi connectivity index (χ3v) is 4.49.